The molecular formula is C14H18BrNO3. The van der Waals surface area contributed by atoms with Crippen LogP contribution in [0.4, 0.5) is 0 Å². The number of hydrogen-bond acceptors (Lipinski definition) is 2. The van der Waals surface area contributed by atoms with Crippen LogP contribution in [0.15, 0.2) is 22.7 Å². The summed E-state index contributed by atoms with van der Waals surface area (Å²) in [7, 11) is 0. The molecule has 0 aliphatic carbocycles. The van der Waals surface area contributed by atoms with Crippen LogP contribution in [0.2, 0.25) is 0 Å². The van der Waals surface area contributed by atoms with Gasteiger partial charge in [-0.1, -0.05) is 29.8 Å². The van der Waals surface area contributed by atoms with Crippen molar-refractivity contribution < 1.29 is 14.7 Å². The van der Waals surface area contributed by atoms with Crippen molar-refractivity contribution in [1.29, 1.82) is 0 Å². The summed E-state index contributed by atoms with van der Waals surface area (Å²) in [5.41, 5.74) is 1.50. The van der Waals surface area contributed by atoms with Gasteiger partial charge in [0.1, 0.15) is 0 Å². The van der Waals surface area contributed by atoms with Crippen LogP contribution >= 0.6 is 15.9 Å². The number of rotatable bonds is 5. The zero-order valence-electron chi connectivity index (χ0n) is 11.2. The predicted octanol–water partition coefficient (Wildman–Crippen LogP) is 2.99. The van der Waals surface area contributed by atoms with Crippen LogP contribution < -0.4 is 5.32 Å². The van der Waals surface area contributed by atoms with E-state index in [0.717, 1.165) is 10.0 Å². The molecule has 0 radical (unpaired) electrons. The standard InChI is InChI=1S/C14H18BrNO3/c1-8(2)12(7-13(17)18)16-14(19)10-4-9(3)5-11(15)6-10/h4-6,8,12H,7H2,1-3H3,(H,16,19)(H,17,18). The third kappa shape index (κ3) is 5.03. The van der Waals surface area contributed by atoms with Gasteiger partial charge in [0.25, 0.3) is 5.91 Å². The van der Waals surface area contributed by atoms with Gasteiger partial charge in [-0.15, -0.1) is 0 Å². The molecule has 1 amide bonds. The Bertz CT molecular complexity index is 465. The van der Waals surface area contributed by atoms with Gasteiger partial charge >= 0.3 is 5.97 Å². The highest BCUT2D eigenvalue weighted by Crippen LogP contribution is 2.16. The minimum absolute atomic E-state index is 0.0632. The van der Waals surface area contributed by atoms with Gasteiger partial charge in [-0.3, -0.25) is 9.59 Å². The molecule has 0 fully saturated rings. The molecule has 2 N–H and O–H groups in total. The molecule has 4 nitrogen and oxygen atoms in total. The minimum atomic E-state index is -0.913. The molecule has 0 heterocycles. The Kier molecular flexibility index (Phi) is 5.54. The molecule has 0 bridgehead atoms. The molecule has 0 spiro atoms. The van der Waals surface area contributed by atoms with Gasteiger partial charge in [0.15, 0.2) is 0 Å². The van der Waals surface area contributed by atoms with Crippen molar-refractivity contribution in [1.82, 2.24) is 5.32 Å². The van der Waals surface area contributed by atoms with Crippen molar-refractivity contribution >= 4 is 27.8 Å². The summed E-state index contributed by atoms with van der Waals surface area (Å²) >= 11 is 3.34. The maximum Gasteiger partial charge on any atom is 0.305 e. The van der Waals surface area contributed by atoms with Crippen LogP contribution in [0.5, 0.6) is 0 Å². The normalized spacial score (nSPS) is 12.3. The minimum Gasteiger partial charge on any atom is -0.481 e. The summed E-state index contributed by atoms with van der Waals surface area (Å²) in [4.78, 5) is 22.9. The summed E-state index contributed by atoms with van der Waals surface area (Å²) in [6, 6.07) is 5.04. The Morgan fingerprint density at radius 2 is 1.95 bits per heavy atom. The molecule has 1 unspecified atom stereocenters. The average Bonchev–Trinajstić information content (AvgIpc) is 2.25. The zero-order chi connectivity index (χ0) is 14.6. The fourth-order valence-electron chi connectivity index (χ4n) is 1.76. The van der Waals surface area contributed by atoms with Crippen molar-refractivity contribution in [3.63, 3.8) is 0 Å². The van der Waals surface area contributed by atoms with Crippen LogP contribution in [0, 0.1) is 12.8 Å². The van der Waals surface area contributed by atoms with Crippen LogP contribution in [0.1, 0.15) is 36.2 Å². The van der Waals surface area contributed by atoms with E-state index in [2.05, 4.69) is 21.2 Å². The molecule has 19 heavy (non-hydrogen) atoms. The van der Waals surface area contributed by atoms with E-state index in [9.17, 15) is 9.59 Å². The van der Waals surface area contributed by atoms with Gasteiger partial charge < -0.3 is 10.4 Å². The van der Waals surface area contributed by atoms with E-state index in [4.69, 9.17) is 5.11 Å². The molecule has 1 aromatic rings. The Hall–Kier alpha value is -1.36. The third-order valence-electron chi connectivity index (χ3n) is 2.82. The van der Waals surface area contributed by atoms with Gasteiger partial charge in [0.05, 0.1) is 6.42 Å². The summed E-state index contributed by atoms with van der Waals surface area (Å²) < 4.78 is 0.831. The summed E-state index contributed by atoms with van der Waals surface area (Å²) in [5, 5.41) is 11.6. The molecular weight excluding hydrogens is 310 g/mol. The number of carboxylic acid groups (broad SMARTS) is 1. The van der Waals surface area contributed by atoms with Crippen molar-refractivity contribution in [2.45, 2.75) is 33.2 Å². The number of aryl methyl sites for hydroxylation is 1. The molecule has 0 aliphatic heterocycles. The van der Waals surface area contributed by atoms with Crippen molar-refractivity contribution in [3.05, 3.63) is 33.8 Å². The highest BCUT2D eigenvalue weighted by molar-refractivity contribution is 9.10. The number of halogens is 1. The van der Waals surface area contributed by atoms with Gasteiger partial charge in [-0.25, -0.2) is 0 Å². The SMILES string of the molecule is Cc1cc(Br)cc(C(=O)NC(CC(=O)O)C(C)C)c1. The first-order valence-electron chi connectivity index (χ1n) is 6.09. The molecule has 0 saturated carbocycles. The highest BCUT2D eigenvalue weighted by atomic mass is 79.9. The largest absolute Gasteiger partial charge is 0.481 e. The van der Waals surface area contributed by atoms with Crippen molar-refractivity contribution in [3.8, 4) is 0 Å². The first kappa shape index (κ1) is 15.7. The van der Waals surface area contributed by atoms with E-state index in [0.29, 0.717) is 5.56 Å². The summed E-state index contributed by atoms with van der Waals surface area (Å²) in [5.74, 6) is -1.10. The lowest BCUT2D eigenvalue weighted by Gasteiger charge is -2.20. The van der Waals surface area contributed by atoms with E-state index >= 15 is 0 Å². The number of amides is 1. The van der Waals surface area contributed by atoms with Crippen LogP contribution in [-0.4, -0.2) is 23.0 Å². The quantitative estimate of drug-likeness (QED) is 0.873. The number of hydrogen-bond donors (Lipinski definition) is 2. The fraction of sp³-hybridized carbons (Fsp3) is 0.429. The van der Waals surface area contributed by atoms with E-state index in [1.54, 1.807) is 12.1 Å². The lowest BCUT2D eigenvalue weighted by atomic mass is 10.0. The molecule has 0 saturated heterocycles. The lowest BCUT2D eigenvalue weighted by molar-refractivity contribution is -0.137. The van der Waals surface area contributed by atoms with Crippen LogP contribution in [-0.2, 0) is 4.79 Å². The molecule has 1 atom stereocenters. The van der Waals surface area contributed by atoms with Gasteiger partial charge in [-0.05, 0) is 36.6 Å². The topological polar surface area (TPSA) is 66.4 Å². The van der Waals surface area contributed by atoms with Crippen LogP contribution in [0.3, 0.4) is 0 Å². The number of nitrogens with one attached hydrogen (secondary N) is 1. The number of benzene rings is 1. The van der Waals surface area contributed by atoms with Crippen molar-refractivity contribution in [2.75, 3.05) is 0 Å². The molecule has 0 aromatic heterocycles. The zero-order valence-corrected chi connectivity index (χ0v) is 12.8. The average molecular weight is 328 g/mol. The van der Waals surface area contributed by atoms with Crippen molar-refractivity contribution in [2.24, 2.45) is 5.92 Å². The Morgan fingerprint density at radius 3 is 2.42 bits per heavy atom. The van der Waals surface area contributed by atoms with E-state index in [1.807, 2.05) is 26.8 Å². The molecule has 104 valence electrons. The Labute approximate surface area is 121 Å². The van der Waals surface area contributed by atoms with E-state index in [1.165, 1.54) is 0 Å². The molecule has 0 aliphatic rings. The predicted molar refractivity (Wildman–Crippen MR) is 77.2 cm³/mol. The molecule has 1 rings (SSSR count). The number of aliphatic carboxylic acids is 1. The molecule has 5 heteroatoms. The first-order valence-corrected chi connectivity index (χ1v) is 6.88. The molecule has 1 aromatic carbocycles. The number of carboxylic acids is 1. The first-order chi connectivity index (χ1) is 8.79. The third-order valence-corrected chi connectivity index (χ3v) is 3.28. The monoisotopic (exact) mass is 327 g/mol. The smallest absolute Gasteiger partial charge is 0.305 e. The van der Waals surface area contributed by atoms with Gasteiger partial charge in [-0.2, -0.15) is 0 Å². The van der Waals surface area contributed by atoms with E-state index < -0.39 is 5.97 Å². The summed E-state index contributed by atoms with van der Waals surface area (Å²) in [6.07, 6.45) is -0.0730. The fourth-order valence-corrected chi connectivity index (χ4v) is 2.37. The van der Waals surface area contributed by atoms with Gasteiger partial charge in [0, 0.05) is 16.1 Å². The maximum atomic E-state index is 12.1. The van der Waals surface area contributed by atoms with Crippen LogP contribution in [0.25, 0.3) is 0 Å². The second-order valence-electron chi connectivity index (χ2n) is 4.94. The Morgan fingerprint density at radius 1 is 1.32 bits per heavy atom. The highest BCUT2D eigenvalue weighted by Gasteiger charge is 2.20. The second-order valence-corrected chi connectivity index (χ2v) is 5.85. The van der Waals surface area contributed by atoms with E-state index in [-0.39, 0.29) is 24.3 Å². The number of carbonyl (C=O) groups is 2. The summed E-state index contributed by atoms with van der Waals surface area (Å²) in [6.45, 7) is 5.68. The van der Waals surface area contributed by atoms with Gasteiger partial charge in [0.2, 0.25) is 0 Å². The number of carbonyl (C=O) groups excluding carboxylic acids is 1. The second kappa shape index (κ2) is 6.70. The lowest BCUT2D eigenvalue weighted by Crippen LogP contribution is -2.40. The Balaban J connectivity index is 2.84. The maximum absolute atomic E-state index is 12.1.